The molecule has 2 aromatic carbocycles. The van der Waals surface area contributed by atoms with E-state index in [1.54, 1.807) is 4.90 Å². The van der Waals surface area contributed by atoms with Crippen molar-refractivity contribution >= 4 is 29.6 Å². The van der Waals surface area contributed by atoms with Gasteiger partial charge in [-0.25, -0.2) is 9.59 Å². The molecule has 0 radical (unpaired) electrons. The number of likely N-dealkylation sites (tertiary alicyclic amines) is 1. The number of carbonyl (C=O) groups excluding carboxylic acids is 3. The number of aliphatic hydroxyl groups excluding tert-OH is 2. The second-order valence-electron chi connectivity index (χ2n) is 9.23. The Hall–Kier alpha value is -2.22. The van der Waals surface area contributed by atoms with E-state index in [4.69, 9.17) is 36.6 Å². The summed E-state index contributed by atoms with van der Waals surface area (Å²) in [5.74, 6) is 0.916. The number of hydrogen-bond donors (Lipinski definition) is 3. The number of benzene rings is 2. The number of ether oxygens (including phenoxy) is 2. The fourth-order valence-corrected chi connectivity index (χ4v) is 3.94. The van der Waals surface area contributed by atoms with Crippen LogP contribution in [0.5, 0.6) is 0 Å². The van der Waals surface area contributed by atoms with Crippen LogP contribution in [0.25, 0.3) is 0 Å². The first kappa shape index (κ1) is 39.8. The number of carbonyl (C=O) groups is 3. The van der Waals surface area contributed by atoms with Crippen molar-refractivity contribution in [3.63, 3.8) is 0 Å². The van der Waals surface area contributed by atoms with Gasteiger partial charge in [0.25, 0.3) is 6.47 Å². The SMILES string of the molecule is O=C(Cl)OCc1ccccc1.O=C(OCc1ccccc1)N1CCC(CO)CC1.O=CO[O-].OCC1CCNCC1.[Na+]. The molecule has 0 bridgehead atoms. The Kier molecular flexibility index (Phi) is 25.0. The normalized spacial score (nSPS) is 14.5. The smallest absolute Gasteiger partial charge is 0.662 e. The summed E-state index contributed by atoms with van der Waals surface area (Å²) in [5, 5.41) is 29.4. The number of halogens is 1. The summed E-state index contributed by atoms with van der Waals surface area (Å²) in [4.78, 5) is 34.9. The minimum absolute atomic E-state index is 0. The molecule has 2 aliphatic heterocycles. The Morgan fingerprint density at radius 1 is 0.857 bits per heavy atom. The van der Waals surface area contributed by atoms with E-state index in [1.165, 1.54) is 0 Å². The summed E-state index contributed by atoms with van der Waals surface area (Å²) in [7, 11) is 0. The number of nitrogens with zero attached hydrogens (tertiary/aromatic N) is 1. The van der Waals surface area contributed by atoms with E-state index in [-0.39, 0.29) is 55.3 Å². The van der Waals surface area contributed by atoms with Crippen LogP contribution < -0.4 is 40.1 Å². The zero-order chi connectivity index (χ0) is 30.1. The predicted molar refractivity (Wildman–Crippen MR) is 150 cm³/mol. The van der Waals surface area contributed by atoms with E-state index in [2.05, 4.69) is 14.9 Å². The van der Waals surface area contributed by atoms with E-state index in [1.807, 2.05) is 60.7 Å². The third-order valence-corrected chi connectivity index (χ3v) is 6.40. The molecule has 4 rings (SSSR count). The van der Waals surface area contributed by atoms with Gasteiger partial charge in [-0.15, -0.1) is 0 Å². The van der Waals surface area contributed by atoms with Gasteiger partial charge in [-0.05, 0) is 61.7 Å². The maximum Gasteiger partial charge on any atom is 1.00 e. The molecule has 3 N–H and O–H groups in total. The third-order valence-electron chi connectivity index (χ3n) is 6.29. The summed E-state index contributed by atoms with van der Waals surface area (Å²) in [6, 6.07) is 19.0. The quantitative estimate of drug-likeness (QED) is 0.127. The molecule has 2 aromatic rings. The van der Waals surface area contributed by atoms with Crippen molar-refractivity contribution in [2.24, 2.45) is 11.8 Å². The molecular formula is C29H40ClN2NaO9. The molecule has 2 heterocycles. The van der Waals surface area contributed by atoms with Gasteiger partial charge >= 0.3 is 41.1 Å². The largest absolute Gasteiger partial charge is 1.00 e. The van der Waals surface area contributed by atoms with Gasteiger partial charge in [0.05, 0.1) is 0 Å². The van der Waals surface area contributed by atoms with Crippen LogP contribution in [0.15, 0.2) is 60.7 Å². The van der Waals surface area contributed by atoms with Crippen molar-refractivity contribution in [3.8, 4) is 0 Å². The van der Waals surface area contributed by atoms with E-state index in [0.29, 0.717) is 38.1 Å². The Morgan fingerprint density at radius 3 is 1.67 bits per heavy atom. The first-order chi connectivity index (χ1) is 19.9. The zero-order valence-corrected chi connectivity index (χ0v) is 26.8. The molecule has 0 aromatic heterocycles. The molecule has 228 valence electrons. The summed E-state index contributed by atoms with van der Waals surface area (Å²) >= 11 is 4.97. The topological polar surface area (TPSA) is 158 Å². The molecule has 0 spiro atoms. The number of hydrogen-bond acceptors (Lipinski definition) is 10. The summed E-state index contributed by atoms with van der Waals surface area (Å²) in [6.07, 6.45) is 3.76. The molecule has 0 saturated carbocycles. The van der Waals surface area contributed by atoms with Crippen LogP contribution in [0.4, 0.5) is 9.59 Å². The van der Waals surface area contributed by atoms with Gasteiger partial charge in [0.2, 0.25) is 0 Å². The number of rotatable bonds is 7. The van der Waals surface area contributed by atoms with Gasteiger partial charge in [-0.2, -0.15) is 0 Å². The van der Waals surface area contributed by atoms with Crippen molar-refractivity contribution < 1.29 is 73.8 Å². The van der Waals surface area contributed by atoms with Crippen LogP contribution >= 0.6 is 11.6 Å². The number of amides is 1. The maximum atomic E-state index is 11.8. The summed E-state index contributed by atoms with van der Waals surface area (Å²) < 4.78 is 9.82. The Morgan fingerprint density at radius 2 is 1.29 bits per heavy atom. The molecule has 0 atom stereocenters. The van der Waals surface area contributed by atoms with Crippen molar-refractivity contribution in [3.05, 3.63) is 71.8 Å². The van der Waals surface area contributed by atoms with Crippen LogP contribution in [0.1, 0.15) is 36.8 Å². The molecule has 2 aliphatic rings. The van der Waals surface area contributed by atoms with Gasteiger partial charge in [0.15, 0.2) is 0 Å². The zero-order valence-electron chi connectivity index (χ0n) is 24.1. The third kappa shape index (κ3) is 19.8. The molecule has 1 amide bonds. The van der Waals surface area contributed by atoms with Gasteiger partial charge < -0.3 is 40.0 Å². The Bertz CT molecular complexity index is 947. The van der Waals surface area contributed by atoms with Crippen molar-refractivity contribution in [1.29, 1.82) is 0 Å². The molecule has 11 nitrogen and oxygen atoms in total. The van der Waals surface area contributed by atoms with Gasteiger partial charge in [0.1, 0.15) is 13.2 Å². The number of nitrogens with one attached hydrogen (secondary N) is 1. The van der Waals surface area contributed by atoms with Crippen LogP contribution in [0.2, 0.25) is 0 Å². The molecule has 0 aliphatic carbocycles. The van der Waals surface area contributed by atoms with Crippen molar-refractivity contribution in [2.45, 2.75) is 38.9 Å². The van der Waals surface area contributed by atoms with E-state index >= 15 is 0 Å². The minimum Gasteiger partial charge on any atom is -0.662 e. The number of aliphatic hydroxyl groups is 2. The molecule has 2 saturated heterocycles. The average molecular weight is 619 g/mol. The Balaban J connectivity index is 0.000000599. The minimum atomic E-state index is -0.770. The van der Waals surface area contributed by atoms with Crippen LogP contribution in [-0.2, 0) is 32.4 Å². The van der Waals surface area contributed by atoms with E-state index in [0.717, 1.165) is 49.9 Å². The maximum absolute atomic E-state index is 11.8. The molecular weight excluding hydrogens is 579 g/mol. The second kappa shape index (κ2) is 26.4. The fourth-order valence-electron chi connectivity index (χ4n) is 3.89. The monoisotopic (exact) mass is 618 g/mol. The van der Waals surface area contributed by atoms with Gasteiger partial charge in [0, 0.05) is 37.9 Å². The van der Waals surface area contributed by atoms with Crippen molar-refractivity contribution in [2.75, 3.05) is 39.4 Å². The van der Waals surface area contributed by atoms with Gasteiger partial charge in [-0.1, -0.05) is 60.7 Å². The van der Waals surface area contributed by atoms with Crippen molar-refractivity contribution in [1.82, 2.24) is 10.2 Å². The van der Waals surface area contributed by atoms with Crippen LogP contribution in [0.3, 0.4) is 0 Å². The molecule has 13 heteroatoms. The van der Waals surface area contributed by atoms with Gasteiger partial charge in [-0.3, -0.25) is 4.79 Å². The average Bonchev–Trinajstić information content (AvgIpc) is 3.04. The predicted octanol–water partition coefficient (Wildman–Crippen LogP) is 0.00650. The summed E-state index contributed by atoms with van der Waals surface area (Å²) in [5.41, 5.74) is 1.16. The van der Waals surface area contributed by atoms with Crippen LogP contribution in [0, 0.1) is 11.8 Å². The Labute approximate surface area is 274 Å². The van der Waals surface area contributed by atoms with Crippen LogP contribution in [-0.4, -0.2) is 72.5 Å². The first-order valence-corrected chi connectivity index (χ1v) is 13.8. The molecule has 0 unspecified atom stereocenters. The van der Waals surface area contributed by atoms with E-state index < -0.39 is 5.43 Å². The van der Waals surface area contributed by atoms with E-state index in [9.17, 15) is 9.59 Å². The molecule has 42 heavy (non-hydrogen) atoms. The first-order valence-electron chi connectivity index (χ1n) is 13.4. The number of piperidine rings is 2. The summed E-state index contributed by atoms with van der Waals surface area (Å²) in [6.45, 7) is 4.51. The second-order valence-corrected chi connectivity index (χ2v) is 9.54. The fraction of sp³-hybridized carbons (Fsp3) is 0.483. The standard InChI is InChI=1S/C14H19NO3.C8H7ClO2.C6H13NO.CH2O3.Na/c16-10-12-6-8-15(9-7-12)14(17)18-11-13-4-2-1-3-5-13;9-8(10)11-6-7-4-2-1-3-5-7;8-5-6-1-3-7-4-2-6;2-1-4-3;/h1-5,12,16H,6-11H2;1-5H,6H2;6-8H,1-5H2;1,3H;/q;;;;+1/p-1. The molecule has 2 fully saturated rings.